The van der Waals surface area contributed by atoms with Crippen LogP contribution in [0.3, 0.4) is 0 Å². The molecule has 2 amide bonds. The minimum Gasteiger partial charge on any atom is -0.497 e. The molecule has 8 heteroatoms. The average molecular weight is 357 g/mol. The van der Waals surface area contributed by atoms with Crippen molar-refractivity contribution >= 4 is 23.4 Å². The SMILES string of the molecule is COc1cc(F)c(C(=O)N2C[C@@H]3COCC[C@]3(C(N)=O)C2)c(Cl)c1. The Morgan fingerprint density at radius 1 is 1.50 bits per heavy atom. The van der Waals surface area contributed by atoms with Crippen molar-refractivity contribution in [1.82, 2.24) is 4.90 Å². The van der Waals surface area contributed by atoms with Gasteiger partial charge in [0.05, 0.1) is 29.7 Å². The topological polar surface area (TPSA) is 81.9 Å². The molecule has 1 aromatic carbocycles. The number of benzene rings is 1. The second-order valence-electron chi connectivity index (χ2n) is 6.19. The van der Waals surface area contributed by atoms with Gasteiger partial charge in [-0.05, 0) is 12.5 Å². The number of methoxy groups -OCH3 is 1. The van der Waals surface area contributed by atoms with Crippen molar-refractivity contribution in [3.63, 3.8) is 0 Å². The van der Waals surface area contributed by atoms with Crippen molar-refractivity contribution < 1.29 is 23.5 Å². The number of primary amides is 1. The van der Waals surface area contributed by atoms with Crippen LogP contribution in [0.25, 0.3) is 0 Å². The highest BCUT2D eigenvalue weighted by molar-refractivity contribution is 6.34. The molecule has 0 spiro atoms. The summed E-state index contributed by atoms with van der Waals surface area (Å²) in [6.45, 7) is 1.20. The molecule has 2 aliphatic heterocycles. The highest BCUT2D eigenvalue weighted by Gasteiger charge is 2.54. The fraction of sp³-hybridized carbons (Fsp3) is 0.500. The summed E-state index contributed by atoms with van der Waals surface area (Å²) < 4.78 is 24.6. The first-order valence-corrected chi connectivity index (χ1v) is 7.97. The van der Waals surface area contributed by atoms with Gasteiger partial charge < -0.3 is 20.1 Å². The van der Waals surface area contributed by atoms with Crippen LogP contribution in [-0.4, -0.2) is 50.1 Å². The molecule has 130 valence electrons. The van der Waals surface area contributed by atoms with Crippen LogP contribution in [0.4, 0.5) is 4.39 Å². The smallest absolute Gasteiger partial charge is 0.258 e. The number of rotatable bonds is 3. The first-order valence-electron chi connectivity index (χ1n) is 7.59. The summed E-state index contributed by atoms with van der Waals surface area (Å²) in [5, 5.41) is -0.0314. The van der Waals surface area contributed by atoms with E-state index in [9.17, 15) is 14.0 Å². The molecule has 0 unspecified atom stereocenters. The van der Waals surface area contributed by atoms with Gasteiger partial charge in [0.1, 0.15) is 11.6 Å². The minimum atomic E-state index is -0.816. The Bertz CT molecular complexity index is 676. The Balaban J connectivity index is 1.91. The molecule has 0 radical (unpaired) electrons. The van der Waals surface area contributed by atoms with Gasteiger partial charge in [-0.1, -0.05) is 11.6 Å². The van der Waals surface area contributed by atoms with E-state index in [0.717, 1.165) is 6.07 Å². The third-order valence-electron chi connectivity index (χ3n) is 4.95. The number of ether oxygens (including phenoxy) is 2. The summed E-state index contributed by atoms with van der Waals surface area (Å²) in [6, 6.07) is 2.49. The standard InChI is InChI=1S/C16H18ClFN2O4/c1-23-10-4-11(17)13(12(18)5-10)14(21)20-6-9-7-24-3-2-16(9,8-20)15(19)22/h4-5,9H,2-3,6-8H2,1H3,(H2,19,22)/t9-,16+/m1/s1. The predicted octanol–water partition coefficient (Wildman–Crippen LogP) is 1.45. The first-order chi connectivity index (χ1) is 11.4. The van der Waals surface area contributed by atoms with Crippen LogP contribution < -0.4 is 10.5 Å². The number of halogens is 2. The number of carbonyl (C=O) groups excluding carboxylic acids is 2. The van der Waals surface area contributed by atoms with Crippen LogP contribution in [0.5, 0.6) is 5.75 Å². The van der Waals surface area contributed by atoms with Gasteiger partial charge in [-0.25, -0.2) is 4.39 Å². The van der Waals surface area contributed by atoms with Crippen LogP contribution in [0.15, 0.2) is 12.1 Å². The molecular weight excluding hydrogens is 339 g/mol. The molecule has 24 heavy (non-hydrogen) atoms. The normalized spacial score (nSPS) is 26.1. The summed E-state index contributed by atoms with van der Waals surface area (Å²) in [5.74, 6) is -1.73. The van der Waals surface area contributed by atoms with Gasteiger partial charge in [-0.2, -0.15) is 0 Å². The van der Waals surface area contributed by atoms with E-state index in [1.807, 2.05) is 0 Å². The van der Waals surface area contributed by atoms with E-state index in [1.54, 1.807) is 0 Å². The number of nitrogens with two attached hydrogens (primary N) is 1. The van der Waals surface area contributed by atoms with Gasteiger partial charge in [0.15, 0.2) is 0 Å². The van der Waals surface area contributed by atoms with Gasteiger partial charge in [0, 0.05) is 31.7 Å². The molecule has 0 aromatic heterocycles. The van der Waals surface area contributed by atoms with Gasteiger partial charge in [-0.15, -0.1) is 0 Å². The molecule has 1 aromatic rings. The average Bonchev–Trinajstić information content (AvgIpc) is 2.95. The third-order valence-corrected chi connectivity index (χ3v) is 5.25. The van der Waals surface area contributed by atoms with E-state index >= 15 is 0 Å². The summed E-state index contributed by atoms with van der Waals surface area (Å²) in [6.07, 6.45) is 0.454. The van der Waals surface area contributed by atoms with Crippen LogP contribution in [0.2, 0.25) is 5.02 Å². The van der Waals surface area contributed by atoms with Crippen molar-refractivity contribution in [2.75, 3.05) is 33.4 Å². The van der Waals surface area contributed by atoms with Crippen LogP contribution in [0, 0.1) is 17.2 Å². The van der Waals surface area contributed by atoms with Crippen LogP contribution in [-0.2, 0) is 9.53 Å². The number of hydrogen-bond donors (Lipinski definition) is 1. The number of carbonyl (C=O) groups is 2. The Kier molecular flexibility index (Phi) is 4.40. The molecule has 2 aliphatic rings. The lowest BCUT2D eigenvalue weighted by atomic mass is 9.74. The minimum absolute atomic E-state index is 0.0314. The number of likely N-dealkylation sites (tertiary alicyclic amines) is 1. The summed E-state index contributed by atoms with van der Waals surface area (Å²) >= 11 is 6.05. The van der Waals surface area contributed by atoms with Crippen molar-refractivity contribution in [3.05, 3.63) is 28.5 Å². The van der Waals surface area contributed by atoms with Crippen molar-refractivity contribution in [1.29, 1.82) is 0 Å². The van der Waals surface area contributed by atoms with E-state index in [4.69, 9.17) is 26.8 Å². The van der Waals surface area contributed by atoms with E-state index in [0.29, 0.717) is 19.6 Å². The molecule has 2 saturated heterocycles. The molecule has 2 fully saturated rings. The lowest BCUT2D eigenvalue weighted by molar-refractivity contribution is -0.135. The maximum absolute atomic E-state index is 14.3. The Hall–Kier alpha value is -1.86. The number of nitrogens with zero attached hydrogens (tertiary/aromatic N) is 1. The van der Waals surface area contributed by atoms with Crippen molar-refractivity contribution in [2.24, 2.45) is 17.1 Å². The fourth-order valence-corrected chi connectivity index (χ4v) is 3.82. The predicted molar refractivity (Wildman–Crippen MR) is 84.4 cm³/mol. The van der Waals surface area contributed by atoms with Crippen molar-refractivity contribution in [2.45, 2.75) is 6.42 Å². The molecule has 2 N–H and O–H groups in total. The largest absolute Gasteiger partial charge is 0.497 e. The molecule has 0 saturated carbocycles. The van der Waals surface area contributed by atoms with Gasteiger partial charge in [0.25, 0.3) is 5.91 Å². The second kappa shape index (κ2) is 6.22. The number of hydrogen-bond acceptors (Lipinski definition) is 4. The zero-order chi connectivity index (χ0) is 17.5. The third kappa shape index (κ3) is 2.61. The Morgan fingerprint density at radius 2 is 2.25 bits per heavy atom. The van der Waals surface area contributed by atoms with Crippen LogP contribution in [0.1, 0.15) is 16.8 Å². The molecule has 6 nitrogen and oxygen atoms in total. The van der Waals surface area contributed by atoms with Gasteiger partial charge in [-0.3, -0.25) is 9.59 Å². The highest BCUT2D eigenvalue weighted by atomic mass is 35.5. The molecule has 2 atom stereocenters. The van der Waals surface area contributed by atoms with Gasteiger partial charge in [0.2, 0.25) is 5.91 Å². The zero-order valence-electron chi connectivity index (χ0n) is 13.2. The quantitative estimate of drug-likeness (QED) is 0.888. The van der Waals surface area contributed by atoms with E-state index in [-0.39, 0.29) is 35.3 Å². The molecule has 0 bridgehead atoms. The number of fused-ring (bicyclic) bond motifs is 1. The molecule has 3 rings (SSSR count). The molecule has 2 heterocycles. The van der Waals surface area contributed by atoms with Crippen molar-refractivity contribution in [3.8, 4) is 5.75 Å². The Morgan fingerprint density at radius 3 is 2.83 bits per heavy atom. The van der Waals surface area contributed by atoms with E-state index < -0.39 is 23.0 Å². The maximum atomic E-state index is 14.3. The summed E-state index contributed by atoms with van der Waals surface area (Å²) in [5.41, 5.74) is 4.55. The highest BCUT2D eigenvalue weighted by Crippen LogP contribution is 2.43. The first kappa shape index (κ1) is 17.0. The zero-order valence-corrected chi connectivity index (χ0v) is 13.9. The number of amides is 2. The monoisotopic (exact) mass is 356 g/mol. The summed E-state index contributed by atoms with van der Waals surface area (Å²) in [7, 11) is 1.38. The lowest BCUT2D eigenvalue weighted by Crippen LogP contribution is -2.48. The molecule has 0 aliphatic carbocycles. The Labute approximate surface area is 143 Å². The van der Waals surface area contributed by atoms with E-state index in [1.165, 1.54) is 18.1 Å². The molecular formula is C16H18ClFN2O4. The lowest BCUT2D eigenvalue weighted by Gasteiger charge is -2.34. The maximum Gasteiger partial charge on any atom is 0.258 e. The van der Waals surface area contributed by atoms with Crippen LogP contribution >= 0.6 is 11.6 Å². The second-order valence-corrected chi connectivity index (χ2v) is 6.60. The summed E-state index contributed by atoms with van der Waals surface area (Å²) in [4.78, 5) is 26.2. The van der Waals surface area contributed by atoms with Gasteiger partial charge >= 0.3 is 0 Å². The fourth-order valence-electron chi connectivity index (χ4n) is 3.54. The van der Waals surface area contributed by atoms with E-state index in [2.05, 4.69) is 0 Å².